The summed E-state index contributed by atoms with van der Waals surface area (Å²) >= 11 is 5.47. The second-order valence-corrected chi connectivity index (χ2v) is 3.60. The van der Waals surface area contributed by atoms with E-state index in [9.17, 15) is 4.79 Å². The Morgan fingerprint density at radius 2 is 2.13 bits per heavy atom. The molecule has 2 rings (SSSR count). The number of nitrogens with zero attached hydrogens (tertiary/aromatic N) is 2. The van der Waals surface area contributed by atoms with Crippen LogP contribution in [0.15, 0.2) is 18.3 Å². The van der Waals surface area contributed by atoms with E-state index in [0.717, 1.165) is 11.2 Å². The van der Waals surface area contributed by atoms with Gasteiger partial charge in [0.25, 0.3) is 5.24 Å². The Balaban J connectivity index is 0.00000112. The maximum absolute atomic E-state index is 11.1. The third-order valence-electron chi connectivity index (χ3n) is 2.14. The Kier molecular flexibility index (Phi) is 3.37. The topological polar surface area (TPSA) is 34.4 Å². The largest absolute Gasteiger partial charge is 0.296 e. The maximum atomic E-state index is 11.1. The molecule has 0 atom stereocenters. The number of carbonyl (C=O) groups excluding carboxylic acids is 1. The highest BCUT2D eigenvalue weighted by atomic mass is 35.5. The van der Waals surface area contributed by atoms with Crippen molar-refractivity contribution in [2.75, 3.05) is 0 Å². The number of imidazole rings is 1. The van der Waals surface area contributed by atoms with Crippen molar-refractivity contribution in [1.29, 1.82) is 0 Å². The van der Waals surface area contributed by atoms with Gasteiger partial charge in [-0.2, -0.15) is 0 Å². The lowest BCUT2D eigenvalue weighted by Gasteiger charge is -1.97. The second kappa shape index (κ2) is 4.21. The molecule has 0 aliphatic rings. The Bertz CT molecular complexity index is 519. The lowest BCUT2D eigenvalue weighted by atomic mass is 10.3. The van der Waals surface area contributed by atoms with E-state index >= 15 is 0 Å². The van der Waals surface area contributed by atoms with Crippen LogP contribution in [0.1, 0.15) is 21.7 Å². The molecule has 0 aromatic carbocycles. The van der Waals surface area contributed by atoms with Crippen LogP contribution in [0.25, 0.3) is 5.65 Å². The Labute approximate surface area is 98.5 Å². The number of hydrogen-bond donors (Lipinski definition) is 0. The van der Waals surface area contributed by atoms with E-state index < -0.39 is 5.24 Å². The van der Waals surface area contributed by atoms with E-state index in [1.165, 1.54) is 0 Å². The van der Waals surface area contributed by atoms with E-state index in [4.69, 9.17) is 11.6 Å². The van der Waals surface area contributed by atoms with E-state index in [0.29, 0.717) is 11.4 Å². The minimum atomic E-state index is -0.473. The molecule has 0 unspecified atom stereocenters. The average molecular weight is 245 g/mol. The SMILES string of the molecule is Cc1ccn2c(C(=O)Cl)c(C)nc2c1.Cl. The van der Waals surface area contributed by atoms with Crippen molar-refractivity contribution in [3.63, 3.8) is 0 Å². The predicted octanol–water partition coefficient (Wildman–Crippen LogP) is 2.75. The van der Waals surface area contributed by atoms with Gasteiger partial charge in [0.15, 0.2) is 0 Å². The first-order valence-electron chi connectivity index (χ1n) is 4.25. The molecule has 2 heterocycles. The number of pyridine rings is 1. The van der Waals surface area contributed by atoms with Gasteiger partial charge >= 0.3 is 0 Å². The van der Waals surface area contributed by atoms with Crippen molar-refractivity contribution < 1.29 is 4.79 Å². The Morgan fingerprint density at radius 3 is 2.73 bits per heavy atom. The minimum Gasteiger partial charge on any atom is -0.296 e. The normalized spacial score (nSPS) is 10.1. The maximum Gasteiger partial charge on any atom is 0.271 e. The van der Waals surface area contributed by atoms with Crippen molar-refractivity contribution in [3.05, 3.63) is 35.3 Å². The molecule has 2 aromatic rings. The molecular weight excluding hydrogens is 235 g/mol. The van der Waals surface area contributed by atoms with Crippen molar-refractivity contribution in [1.82, 2.24) is 9.38 Å². The summed E-state index contributed by atoms with van der Waals surface area (Å²) in [5.41, 5.74) is 2.97. The van der Waals surface area contributed by atoms with Gasteiger partial charge in [0.2, 0.25) is 0 Å². The standard InChI is InChI=1S/C10H9ClN2O.ClH/c1-6-3-4-13-8(5-6)12-7(2)9(13)10(11)14;/h3-5H,1-2H3;1H. The molecule has 0 amide bonds. The molecule has 0 aliphatic carbocycles. The summed E-state index contributed by atoms with van der Waals surface area (Å²) in [6.45, 7) is 3.75. The van der Waals surface area contributed by atoms with Gasteiger partial charge < -0.3 is 0 Å². The van der Waals surface area contributed by atoms with Crippen molar-refractivity contribution in [2.24, 2.45) is 0 Å². The summed E-state index contributed by atoms with van der Waals surface area (Å²) in [6.07, 6.45) is 1.81. The second-order valence-electron chi connectivity index (χ2n) is 3.25. The fourth-order valence-electron chi connectivity index (χ4n) is 1.50. The van der Waals surface area contributed by atoms with Crippen molar-refractivity contribution >= 4 is 34.9 Å². The quantitative estimate of drug-likeness (QED) is 0.724. The summed E-state index contributed by atoms with van der Waals surface area (Å²) < 4.78 is 1.71. The van der Waals surface area contributed by atoms with Crippen LogP contribution in [0.2, 0.25) is 0 Å². The molecule has 0 radical (unpaired) electrons. The van der Waals surface area contributed by atoms with Crippen LogP contribution in [0.4, 0.5) is 0 Å². The minimum absolute atomic E-state index is 0. The molecule has 5 heteroatoms. The van der Waals surface area contributed by atoms with Crippen LogP contribution in [-0.4, -0.2) is 14.6 Å². The molecule has 0 saturated heterocycles. The Hall–Kier alpha value is -1.06. The highest BCUT2D eigenvalue weighted by Gasteiger charge is 2.13. The van der Waals surface area contributed by atoms with Crippen LogP contribution in [0, 0.1) is 13.8 Å². The van der Waals surface area contributed by atoms with Gasteiger partial charge in [-0.05, 0) is 43.1 Å². The van der Waals surface area contributed by atoms with Gasteiger partial charge in [-0.1, -0.05) is 0 Å². The van der Waals surface area contributed by atoms with Crippen LogP contribution in [0.3, 0.4) is 0 Å². The fraction of sp³-hybridized carbons (Fsp3) is 0.200. The van der Waals surface area contributed by atoms with Gasteiger partial charge in [0, 0.05) is 6.20 Å². The first-order chi connectivity index (χ1) is 6.59. The molecule has 0 fully saturated rings. The van der Waals surface area contributed by atoms with E-state index in [1.807, 2.05) is 19.1 Å². The zero-order chi connectivity index (χ0) is 10.3. The highest BCUT2D eigenvalue weighted by molar-refractivity contribution is 6.67. The van der Waals surface area contributed by atoms with Crippen LogP contribution in [0.5, 0.6) is 0 Å². The average Bonchev–Trinajstić information content (AvgIpc) is 2.39. The third kappa shape index (κ3) is 1.98. The van der Waals surface area contributed by atoms with Gasteiger partial charge in [-0.25, -0.2) is 4.98 Å². The molecular formula is C10H10Cl2N2O. The lowest BCUT2D eigenvalue weighted by molar-refractivity contribution is 0.107. The number of aromatic nitrogens is 2. The molecule has 0 bridgehead atoms. The van der Waals surface area contributed by atoms with Gasteiger partial charge in [-0.15, -0.1) is 12.4 Å². The van der Waals surface area contributed by atoms with Crippen molar-refractivity contribution in [3.8, 4) is 0 Å². The summed E-state index contributed by atoms with van der Waals surface area (Å²) in [5, 5.41) is -0.473. The smallest absolute Gasteiger partial charge is 0.271 e. The van der Waals surface area contributed by atoms with Crippen LogP contribution < -0.4 is 0 Å². The zero-order valence-corrected chi connectivity index (χ0v) is 9.89. The van der Waals surface area contributed by atoms with Gasteiger partial charge in [0.05, 0.1) is 5.69 Å². The van der Waals surface area contributed by atoms with Crippen LogP contribution >= 0.6 is 24.0 Å². The lowest BCUT2D eigenvalue weighted by Crippen LogP contribution is -1.97. The highest BCUT2D eigenvalue weighted by Crippen LogP contribution is 2.15. The zero-order valence-electron chi connectivity index (χ0n) is 8.32. The number of carbonyl (C=O) groups is 1. The third-order valence-corrected chi connectivity index (χ3v) is 2.32. The van der Waals surface area contributed by atoms with Crippen LogP contribution in [-0.2, 0) is 0 Å². The molecule has 0 saturated carbocycles. The molecule has 0 N–H and O–H groups in total. The summed E-state index contributed by atoms with van der Waals surface area (Å²) in [6, 6.07) is 3.83. The monoisotopic (exact) mass is 244 g/mol. The molecule has 80 valence electrons. The summed E-state index contributed by atoms with van der Waals surface area (Å²) in [4.78, 5) is 15.4. The van der Waals surface area contributed by atoms with Crippen molar-refractivity contribution in [2.45, 2.75) is 13.8 Å². The molecule has 0 aliphatic heterocycles. The van der Waals surface area contributed by atoms with E-state index in [-0.39, 0.29) is 12.4 Å². The molecule has 3 nitrogen and oxygen atoms in total. The number of hydrogen-bond acceptors (Lipinski definition) is 2. The summed E-state index contributed by atoms with van der Waals surface area (Å²) in [7, 11) is 0. The fourth-order valence-corrected chi connectivity index (χ4v) is 1.73. The first-order valence-corrected chi connectivity index (χ1v) is 4.62. The first kappa shape index (κ1) is 12.0. The predicted molar refractivity (Wildman–Crippen MR) is 62.1 cm³/mol. The number of fused-ring (bicyclic) bond motifs is 1. The van der Waals surface area contributed by atoms with Gasteiger partial charge in [0.1, 0.15) is 11.3 Å². The summed E-state index contributed by atoms with van der Waals surface area (Å²) in [5.74, 6) is 0. The molecule has 0 spiro atoms. The van der Waals surface area contributed by atoms with E-state index in [1.54, 1.807) is 17.5 Å². The number of halogens is 2. The number of aryl methyl sites for hydroxylation is 2. The Morgan fingerprint density at radius 1 is 1.47 bits per heavy atom. The molecule has 2 aromatic heterocycles. The number of rotatable bonds is 1. The van der Waals surface area contributed by atoms with E-state index in [2.05, 4.69) is 4.98 Å². The molecule has 15 heavy (non-hydrogen) atoms. The van der Waals surface area contributed by atoms with Gasteiger partial charge in [-0.3, -0.25) is 9.20 Å².